The average molecular weight is 257 g/mol. The van der Waals surface area contributed by atoms with Gasteiger partial charge in [0.05, 0.1) is 5.56 Å². The van der Waals surface area contributed by atoms with Crippen LogP contribution >= 0.6 is 0 Å². The van der Waals surface area contributed by atoms with Crippen molar-refractivity contribution >= 4 is 5.82 Å². The third-order valence-electron chi connectivity index (χ3n) is 3.96. The fraction of sp³-hybridized carbons (Fsp3) is 0.625. The molecule has 1 aliphatic heterocycles. The molecule has 0 amide bonds. The summed E-state index contributed by atoms with van der Waals surface area (Å²) in [5, 5.41) is 9.42. The third kappa shape index (κ3) is 2.89. The minimum absolute atomic E-state index is 0.555. The molecule has 1 aliphatic rings. The van der Waals surface area contributed by atoms with Gasteiger partial charge in [-0.15, -0.1) is 0 Å². The predicted molar refractivity (Wildman–Crippen MR) is 78.3 cm³/mol. The largest absolute Gasteiger partial charge is 0.353 e. The molecule has 0 saturated carbocycles. The van der Waals surface area contributed by atoms with Gasteiger partial charge in [-0.1, -0.05) is 13.3 Å². The molecule has 1 aromatic heterocycles. The van der Waals surface area contributed by atoms with E-state index in [4.69, 9.17) is 0 Å². The first kappa shape index (κ1) is 13.9. The fourth-order valence-corrected chi connectivity index (χ4v) is 3.08. The first-order valence-corrected chi connectivity index (χ1v) is 7.32. The maximum absolute atomic E-state index is 9.42. The molecule has 0 aliphatic carbocycles. The van der Waals surface area contributed by atoms with E-state index >= 15 is 0 Å². The van der Waals surface area contributed by atoms with E-state index in [0.29, 0.717) is 6.04 Å². The Kier molecular flexibility index (Phi) is 4.42. The summed E-state index contributed by atoms with van der Waals surface area (Å²) < 4.78 is 0. The summed E-state index contributed by atoms with van der Waals surface area (Å²) in [5.41, 5.74) is 2.81. The van der Waals surface area contributed by atoms with Crippen molar-refractivity contribution in [3.8, 4) is 6.07 Å². The van der Waals surface area contributed by atoms with E-state index in [2.05, 4.69) is 22.9 Å². The predicted octanol–water partition coefficient (Wildman–Crippen LogP) is 3.73. The molecule has 1 unspecified atom stereocenters. The summed E-state index contributed by atoms with van der Waals surface area (Å²) in [7, 11) is 0. The second-order valence-electron chi connectivity index (χ2n) is 5.52. The number of hydrogen-bond donors (Lipinski definition) is 0. The molecule has 1 fully saturated rings. The molecule has 0 spiro atoms. The average Bonchev–Trinajstić information content (AvgIpc) is 2.39. The first-order valence-electron chi connectivity index (χ1n) is 7.32. The SMILES string of the molecule is CCCC1CCCCN1c1nc(C)cc(C)c1C#N. The lowest BCUT2D eigenvalue weighted by Crippen LogP contribution is -2.40. The molecule has 2 rings (SSSR count). The Balaban J connectivity index is 2.41. The molecule has 2 heterocycles. The Morgan fingerprint density at radius 1 is 1.42 bits per heavy atom. The van der Waals surface area contributed by atoms with Crippen molar-refractivity contribution < 1.29 is 0 Å². The van der Waals surface area contributed by atoms with Crippen molar-refractivity contribution in [1.82, 2.24) is 4.98 Å². The summed E-state index contributed by atoms with van der Waals surface area (Å²) in [4.78, 5) is 7.04. The molecular weight excluding hydrogens is 234 g/mol. The third-order valence-corrected chi connectivity index (χ3v) is 3.96. The van der Waals surface area contributed by atoms with Crippen LogP contribution in [0.4, 0.5) is 5.82 Å². The van der Waals surface area contributed by atoms with Crippen LogP contribution in [0.2, 0.25) is 0 Å². The Morgan fingerprint density at radius 2 is 2.21 bits per heavy atom. The molecule has 0 N–H and O–H groups in total. The van der Waals surface area contributed by atoms with E-state index in [1.54, 1.807) is 0 Å². The molecule has 1 saturated heterocycles. The van der Waals surface area contributed by atoms with Crippen LogP contribution < -0.4 is 4.90 Å². The number of aromatic nitrogens is 1. The van der Waals surface area contributed by atoms with Crippen LogP contribution in [-0.4, -0.2) is 17.6 Å². The highest BCUT2D eigenvalue weighted by Gasteiger charge is 2.25. The van der Waals surface area contributed by atoms with E-state index in [0.717, 1.165) is 29.2 Å². The number of hydrogen-bond acceptors (Lipinski definition) is 3. The van der Waals surface area contributed by atoms with Gasteiger partial charge in [-0.2, -0.15) is 5.26 Å². The Bertz CT molecular complexity index is 486. The molecule has 19 heavy (non-hydrogen) atoms. The van der Waals surface area contributed by atoms with Gasteiger partial charge in [0.25, 0.3) is 0 Å². The maximum atomic E-state index is 9.42. The minimum Gasteiger partial charge on any atom is -0.353 e. The fourth-order valence-electron chi connectivity index (χ4n) is 3.08. The van der Waals surface area contributed by atoms with E-state index < -0.39 is 0 Å². The highest BCUT2D eigenvalue weighted by molar-refractivity contribution is 5.58. The van der Waals surface area contributed by atoms with Gasteiger partial charge in [0.15, 0.2) is 0 Å². The first-order chi connectivity index (χ1) is 9.17. The molecule has 3 nitrogen and oxygen atoms in total. The lowest BCUT2D eigenvalue weighted by molar-refractivity contribution is 0.431. The van der Waals surface area contributed by atoms with Crippen molar-refractivity contribution in [2.75, 3.05) is 11.4 Å². The van der Waals surface area contributed by atoms with E-state index in [1.807, 2.05) is 19.9 Å². The van der Waals surface area contributed by atoms with Crippen LogP contribution in [0.5, 0.6) is 0 Å². The van der Waals surface area contributed by atoms with Gasteiger partial charge in [-0.3, -0.25) is 0 Å². The van der Waals surface area contributed by atoms with Crippen molar-refractivity contribution in [3.63, 3.8) is 0 Å². The summed E-state index contributed by atoms with van der Waals surface area (Å²) in [6.45, 7) is 7.29. The van der Waals surface area contributed by atoms with Crippen LogP contribution in [0.3, 0.4) is 0 Å². The Labute approximate surface area is 116 Å². The lowest BCUT2D eigenvalue weighted by atomic mass is 9.97. The van der Waals surface area contributed by atoms with Gasteiger partial charge in [0, 0.05) is 18.3 Å². The van der Waals surface area contributed by atoms with Crippen molar-refractivity contribution in [2.24, 2.45) is 0 Å². The van der Waals surface area contributed by atoms with E-state index in [-0.39, 0.29) is 0 Å². The number of rotatable bonds is 3. The van der Waals surface area contributed by atoms with E-state index in [9.17, 15) is 5.26 Å². The molecule has 102 valence electrons. The van der Waals surface area contributed by atoms with Crippen LogP contribution in [0.1, 0.15) is 55.8 Å². The zero-order chi connectivity index (χ0) is 13.8. The van der Waals surface area contributed by atoms with Gasteiger partial charge < -0.3 is 4.90 Å². The molecule has 1 aromatic rings. The van der Waals surface area contributed by atoms with Gasteiger partial charge in [0.2, 0.25) is 0 Å². The van der Waals surface area contributed by atoms with Crippen LogP contribution in [0.15, 0.2) is 6.07 Å². The molecule has 3 heteroatoms. The number of pyridine rings is 1. The molecule has 0 radical (unpaired) electrons. The van der Waals surface area contributed by atoms with Crippen LogP contribution in [0.25, 0.3) is 0 Å². The maximum Gasteiger partial charge on any atom is 0.147 e. The van der Waals surface area contributed by atoms with Gasteiger partial charge in [0.1, 0.15) is 11.9 Å². The zero-order valence-electron chi connectivity index (χ0n) is 12.2. The molecule has 0 bridgehead atoms. The molecular formula is C16H23N3. The number of piperidine rings is 1. The summed E-state index contributed by atoms with van der Waals surface area (Å²) >= 11 is 0. The second kappa shape index (κ2) is 6.06. The number of nitrogens with zero attached hydrogens (tertiary/aromatic N) is 3. The second-order valence-corrected chi connectivity index (χ2v) is 5.52. The minimum atomic E-state index is 0.555. The van der Waals surface area contributed by atoms with Crippen LogP contribution in [-0.2, 0) is 0 Å². The van der Waals surface area contributed by atoms with Crippen LogP contribution in [0, 0.1) is 25.2 Å². The number of anilines is 1. The smallest absolute Gasteiger partial charge is 0.147 e. The number of aryl methyl sites for hydroxylation is 2. The molecule has 0 aromatic carbocycles. The quantitative estimate of drug-likeness (QED) is 0.828. The standard InChI is InChI=1S/C16H23N3/c1-4-7-14-8-5-6-9-19(14)16-15(11-17)12(2)10-13(3)18-16/h10,14H,4-9H2,1-3H3. The summed E-state index contributed by atoms with van der Waals surface area (Å²) in [6, 6.07) is 4.90. The highest BCUT2D eigenvalue weighted by Crippen LogP contribution is 2.30. The molecule has 1 atom stereocenters. The monoisotopic (exact) mass is 257 g/mol. The van der Waals surface area contributed by atoms with Crippen molar-refractivity contribution in [1.29, 1.82) is 5.26 Å². The van der Waals surface area contributed by atoms with Crippen molar-refractivity contribution in [2.45, 2.75) is 58.9 Å². The van der Waals surface area contributed by atoms with Gasteiger partial charge in [-0.05, 0) is 51.2 Å². The summed E-state index contributed by atoms with van der Waals surface area (Å²) in [6.07, 6.45) is 6.12. The summed E-state index contributed by atoms with van der Waals surface area (Å²) in [5.74, 6) is 0.915. The number of nitriles is 1. The van der Waals surface area contributed by atoms with Gasteiger partial charge in [-0.25, -0.2) is 4.98 Å². The zero-order valence-corrected chi connectivity index (χ0v) is 12.2. The van der Waals surface area contributed by atoms with Crippen molar-refractivity contribution in [3.05, 3.63) is 22.9 Å². The Hall–Kier alpha value is -1.56. The van der Waals surface area contributed by atoms with E-state index in [1.165, 1.54) is 32.1 Å². The normalized spacial score (nSPS) is 19.3. The van der Waals surface area contributed by atoms with Gasteiger partial charge >= 0.3 is 0 Å². The lowest BCUT2D eigenvalue weighted by Gasteiger charge is -2.37. The topological polar surface area (TPSA) is 39.9 Å². The highest BCUT2D eigenvalue weighted by atomic mass is 15.2. The Morgan fingerprint density at radius 3 is 2.89 bits per heavy atom.